The Balaban J connectivity index is 1.69. The molecule has 1 amide bonds. The van der Waals surface area contributed by atoms with Gasteiger partial charge in [0.25, 0.3) is 5.78 Å². The van der Waals surface area contributed by atoms with Crippen molar-refractivity contribution >= 4 is 44.1 Å². The van der Waals surface area contributed by atoms with Crippen LogP contribution in [-0.4, -0.2) is 40.0 Å². The maximum atomic E-state index is 13.6. The SMILES string of the molecule is CCOc1ccc(/C(O)=C2\C(=O)C(=O)N(c3nc4ccc(C(C)C)cc4s3)C2c2ccccn2)c(OCC)c1. The van der Waals surface area contributed by atoms with Crippen molar-refractivity contribution in [3.63, 3.8) is 0 Å². The van der Waals surface area contributed by atoms with E-state index in [9.17, 15) is 14.7 Å². The van der Waals surface area contributed by atoms with Crippen LogP contribution in [0.1, 0.15) is 56.5 Å². The first kappa shape index (κ1) is 26.4. The van der Waals surface area contributed by atoms with E-state index >= 15 is 0 Å². The third-order valence-electron chi connectivity index (χ3n) is 6.51. The smallest absolute Gasteiger partial charge is 0.301 e. The summed E-state index contributed by atoms with van der Waals surface area (Å²) in [5, 5.41) is 11.9. The Morgan fingerprint density at radius 2 is 1.85 bits per heavy atom. The summed E-state index contributed by atoms with van der Waals surface area (Å²) in [6.07, 6.45) is 1.59. The molecule has 9 heteroatoms. The quantitative estimate of drug-likeness (QED) is 0.159. The van der Waals surface area contributed by atoms with Crippen molar-refractivity contribution in [1.29, 1.82) is 0 Å². The average Bonchev–Trinajstić information content (AvgIpc) is 3.47. The molecular formula is C30H29N3O5S. The number of ketones is 1. The van der Waals surface area contributed by atoms with Crippen LogP contribution in [0.3, 0.4) is 0 Å². The third kappa shape index (κ3) is 4.85. The van der Waals surface area contributed by atoms with E-state index in [1.54, 1.807) is 42.6 Å². The Labute approximate surface area is 230 Å². The van der Waals surface area contributed by atoms with Gasteiger partial charge in [0.2, 0.25) is 0 Å². The molecular weight excluding hydrogens is 514 g/mol. The first-order valence-electron chi connectivity index (χ1n) is 12.9. The van der Waals surface area contributed by atoms with E-state index in [1.165, 1.54) is 16.2 Å². The van der Waals surface area contributed by atoms with Gasteiger partial charge in [-0.3, -0.25) is 19.5 Å². The second kappa shape index (κ2) is 10.9. The Hall–Kier alpha value is -4.24. The highest BCUT2D eigenvalue weighted by Crippen LogP contribution is 2.45. The number of Topliss-reactive ketones (excluding diaryl/α,β-unsaturated/α-hetero) is 1. The second-order valence-electron chi connectivity index (χ2n) is 9.33. The number of rotatable bonds is 8. The largest absolute Gasteiger partial charge is 0.507 e. The standard InChI is InChI=1S/C30H29N3O5S/c1-5-37-19-11-12-20(23(16-19)38-6-2)27(34)25-26(22-9-7-8-14-31-22)33(29(36)28(25)35)30-32-21-13-10-18(17(3)4)15-24(21)39-30/h7-17,26,34H,5-6H2,1-4H3/b27-25+. The zero-order valence-corrected chi connectivity index (χ0v) is 23.0. The average molecular weight is 544 g/mol. The summed E-state index contributed by atoms with van der Waals surface area (Å²) in [4.78, 5) is 37.6. The Morgan fingerprint density at radius 1 is 1.05 bits per heavy atom. The van der Waals surface area contributed by atoms with Crippen LogP contribution >= 0.6 is 11.3 Å². The number of hydrogen-bond acceptors (Lipinski definition) is 8. The maximum Gasteiger partial charge on any atom is 0.301 e. The Bertz CT molecular complexity index is 1580. The van der Waals surface area contributed by atoms with E-state index in [2.05, 4.69) is 24.9 Å². The molecule has 8 nitrogen and oxygen atoms in total. The number of thiazole rings is 1. The van der Waals surface area contributed by atoms with Gasteiger partial charge in [-0.05, 0) is 61.7 Å². The molecule has 1 atom stereocenters. The number of amides is 1. The van der Waals surface area contributed by atoms with Crippen molar-refractivity contribution in [3.05, 3.63) is 83.2 Å². The van der Waals surface area contributed by atoms with Gasteiger partial charge in [0.05, 0.1) is 40.3 Å². The summed E-state index contributed by atoms with van der Waals surface area (Å²) in [6, 6.07) is 15.2. The fraction of sp³-hybridized carbons (Fsp3) is 0.267. The Morgan fingerprint density at radius 3 is 2.54 bits per heavy atom. The molecule has 1 aliphatic heterocycles. The number of benzene rings is 2. The highest BCUT2D eigenvalue weighted by atomic mass is 32.1. The number of pyridine rings is 1. The molecule has 2 aromatic heterocycles. The summed E-state index contributed by atoms with van der Waals surface area (Å²) in [5.74, 6) is -0.707. The number of aliphatic hydroxyl groups is 1. The fourth-order valence-electron chi connectivity index (χ4n) is 4.61. The van der Waals surface area contributed by atoms with E-state index in [0.29, 0.717) is 41.5 Å². The van der Waals surface area contributed by atoms with E-state index in [4.69, 9.17) is 14.5 Å². The maximum absolute atomic E-state index is 13.6. The number of nitrogens with zero attached hydrogens (tertiary/aromatic N) is 3. The second-order valence-corrected chi connectivity index (χ2v) is 10.3. The number of ether oxygens (including phenoxy) is 2. The summed E-state index contributed by atoms with van der Waals surface area (Å²) in [7, 11) is 0. The first-order chi connectivity index (χ1) is 18.8. The van der Waals surface area contributed by atoms with Crippen molar-refractivity contribution in [3.8, 4) is 11.5 Å². The predicted octanol–water partition coefficient (Wildman–Crippen LogP) is 6.24. The fourth-order valence-corrected chi connectivity index (χ4v) is 5.65. The molecule has 4 aromatic rings. The van der Waals surface area contributed by atoms with Gasteiger partial charge in [-0.1, -0.05) is 37.3 Å². The Kier molecular flexibility index (Phi) is 7.34. The van der Waals surface area contributed by atoms with Gasteiger partial charge < -0.3 is 14.6 Å². The van der Waals surface area contributed by atoms with Gasteiger partial charge in [-0.2, -0.15) is 0 Å². The first-order valence-corrected chi connectivity index (χ1v) is 13.7. The summed E-state index contributed by atoms with van der Waals surface area (Å²) in [5.41, 5.74) is 2.52. The minimum Gasteiger partial charge on any atom is -0.507 e. The van der Waals surface area contributed by atoms with Crippen LogP contribution in [0.2, 0.25) is 0 Å². The molecule has 3 heterocycles. The number of carbonyl (C=O) groups excluding carboxylic acids is 2. The third-order valence-corrected chi connectivity index (χ3v) is 7.52. The van der Waals surface area contributed by atoms with Crippen molar-refractivity contribution in [2.24, 2.45) is 0 Å². The summed E-state index contributed by atoms with van der Waals surface area (Å²) < 4.78 is 12.3. The molecule has 0 bridgehead atoms. The van der Waals surface area contributed by atoms with Gasteiger partial charge >= 0.3 is 5.91 Å². The molecule has 200 valence electrons. The van der Waals surface area contributed by atoms with E-state index in [1.807, 2.05) is 26.0 Å². The molecule has 1 unspecified atom stereocenters. The monoisotopic (exact) mass is 543 g/mol. The molecule has 1 N–H and O–H groups in total. The lowest BCUT2D eigenvalue weighted by atomic mass is 9.98. The topological polar surface area (TPSA) is 102 Å². The van der Waals surface area contributed by atoms with Crippen LogP contribution in [-0.2, 0) is 9.59 Å². The molecule has 2 aromatic carbocycles. The number of aliphatic hydroxyl groups excluding tert-OH is 1. The van der Waals surface area contributed by atoms with Gasteiger partial charge in [0.1, 0.15) is 23.3 Å². The minimum absolute atomic E-state index is 0.0778. The van der Waals surface area contributed by atoms with Crippen LogP contribution in [0.15, 0.2) is 66.4 Å². The van der Waals surface area contributed by atoms with Gasteiger partial charge in [0.15, 0.2) is 5.13 Å². The zero-order valence-electron chi connectivity index (χ0n) is 22.2. The number of carbonyl (C=O) groups is 2. The van der Waals surface area contributed by atoms with Crippen LogP contribution in [0.25, 0.3) is 16.0 Å². The van der Waals surface area contributed by atoms with Crippen molar-refractivity contribution in [1.82, 2.24) is 9.97 Å². The lowest BCUT2D eigenvalue weighted by Gasteiger charge is -2.22. The van der Waals surface area contributed by atoms with E-state index in [-0.39, 0.29) is 16.9 Å². The highest BCUT2D eigenvalue weighted by Gasteiger charge is 2.49. The van der Waals surface area contributed by atoms with E-state index in [0.717, 1.165) is 15.8 Å². The van der Waals surface area contributed by atoms with Gasteiger partial charge in [-0.15, -0.1) is 0 Å². The molecule has 0 radical (unpaired) electrons. The molecule has 0 spiro atoms. The van der Waals surface area contributed by atoms with Gasteiger partial charge in [0, 0.05) is 12.3 Å². The molecule has 1 fully saturated rings. The lowest BCUT2D eigenvalue weighted by molar-refractivity contribution is -0.132. The highest BCUT2D eigenvalue weighted by molar-refractivity contribution is 7.22. The number of anilines is 1. The molecule has 39 heavy (non-hydrogen) atoms. The number of aromatic nitrogens is 2. The van der Waals surface area contributed by atoms with Crippen LogP contribution in [0.4, 0.5) is 5.13 Å². The van der Waals surface area contributed by atoms with Crippen molar-refractivity contribution in [2.45, 2.75) is 39.7 Å². The van der Waals surface area contributed by atoms with Crippen LogP contribution in [0, 0.1) is 0 Å². The predicted molar refractivity (Wildman–Crippen MR) is 152 cm³/mol. The summed E-state index contributed by atoms with van der Waals surface area (Å²) >= 11 is 1.33. The molecule has 0 saturated carbocycles. The van der Waals surface area contributed by atoms with Gasteiger partial charge in [-0.25, -0.2) is 4.98 Å². The molecule has 1 aliphatic rings. The van der Waals surface area contributed by atoms with Crippen LogP contribution < -0.4 is 14.4 Å². The molecule has 1 saturated heterocycles. The van der Waals surface area contributed by atoms with Crippen molar-refractivity contribution in [2.75, 3.05) is 18.1 Å². The number of hydrogen-bond donors (Lipinski definition) is 1. The molecule has 5 rings (SSSR count). The zero-order chi connectivity index (χ0) is 27.7. The minimum atomic E-state index is -0.975. The summed E-state index contributed by atoms with van der Waals surface area (Å²) in [6.45, 7) is 8.71. The van der Waals surface area contributed by atoms with Crippen LogP contribution in [0.5, 0.6) is 11.5 Å². The van der Waals surface area contributed by atoms with E-state index < -0.39 is 17.7 Å². The normalized spacial score (nSPS) is 16.8. The lowest BCUT2D eigenvalue weighted by Crippen LogP contribution is -2.29. The molecule has 0 aliphatic carbocycles. The number of fused-ring (bicyclic) bond motifs is 1. The van der Waals surface area contributed by atoms with Crippen molar-refractivity contribution < 1.29 is 24.2 Å².